The molecular formula is C25H23N8O2S-. The van der Waals surface area contributed by atoms with Crippen molar-refractivity contribution >= 4 is 32.5 Å². The van der Waals surface area contributed by atoms with Gasteiger partial charge in [-0.15, -0.1) is 6.58 Å². The molecular weight excluding hydrogens is 476 g/mol. The van der Waals surface area contributed by atoms with Crippen LogP contribution in [-0.4, -0.2) is 42.6 Å². The van der Waals surface area contributed by atoms with Crippen molar-refractivity contribution in [3.8, 4) is 22.6 Å². The number of nitrogens with one attached hydrogen (secondary N) is 4. The number of rotatable bonds is 7. The van der Waals surface area contributed by atoms with E-state index in [4.69, 9.17) is 14.7 Å². The number of allylic oxidation sites excluding steroid dienone is 1. The van der Waals surface area contributed by atoms with E-state index in [1.165, 1.54) is 0 Å². The van der Waals surface area contributed by atoms with Gasteiger partial charge in [0.1, 0.15) is 11.2 Å². The van der Waals surface area contributed by atoms with Crippen molar-refractivity contribution in [2.24, 2.45) is 0 Å². The van der Waals surface area contributed by atoms with Gasteiger partial charge < -0.3 is 28.8 Å². The highest BCUT2D eigenvalue weighted by Crippen LogP contribution is 2.35. The highest BCUT2D eigenvalue weighted by Gasteiger charge is 2.36. The first kappa shape index (κ1) is 22.4. The van der Waals surface area contributed by atoms with Gasteiger partial charge >= 0.3 is 0 Å². The van der Waals surface area contributed by atoms with E-state index in [2.05, 4.69) is 26.8 Å². The molecule has 4 N–H and O–H groups in total. The van der Waals surface area contributed by atoms with Crippen LogP contribution in [0.4, 0.5) is 0 Å². The molecule has 36 heavy (non-hydrogen) atoms. The van der Waals surface area contributed by atoms with Crippen LogP contribution in [-0.2, 0) is 26.1 Å². The maximum absolute atomic E-state index is 13.0. The summed E-state index contributed by atoms with van der Waals surface area (Å²) in [6, 6.07) is 7.41. The molecule has 11 heteroatoms. The average Bonchev–Trinajstić information content (AvgIpc) is 3.52. The van der Waals surface area contributed by atoms with E-state index < -0.39 is 15.3 Å². The number of aryl methyl sites for hydroxylation is 1. The minimum absolute atomic E-state index is 0.120. The van der Waals surface area contributed by atoms with E-state index in [0.717, 1.165) is 21.9 Å². The first-order valence-electron chi connectivity index (χ1n) is 11.5. The second kappa shape index (κ2) is 8.54. The Morgan fingerprint density at radius 3 is 2.69 bits per heavy atom. The van der Waals surface area contributed by atoms with E-state index in [1.807, 2.05) is 18.2 Å². The molecule has 0 bridgehead atoms. The summed E-state index contributed by atoms with van der Waals surface area (Å²) in [7, 11) is -1.91. The largest absolute Gasteiger partial charge is 0.444 e. The van der Waals surface area contributed by atoms with Crippen LogP contribution in [0.25, 0.3) is 44.6 Å². The monoisotopic (exact) mass is 499 g/mol. The molecule has 0 saturated carbocycles. The van der Waals surface area contributed by atoms with E-state index in [1.54, 1.807) is 41.5 Å². The van der Waals surface area contributed by atoms with Crippen LogP contribution in [0.15, 0.2) is 66.5 Å². The van der Waals surface area contributed by atoms with E-state index in [0.29, 0.717) is 54.4 Å². The van der Waals surface area contributed by atoms with Crippen molar-refractivity contribution in [3.05, 3.63) is 77.8 Å². The lowest BCUT2D eigenvalue weighted by atomic mass is 9.95. The third-order valence-electron chi connectivity index (χ3n) is 6.72. The van der Waals surface area contributed by atoms with Crippen LogP contribution < -0.4 is 10.9 Å². The Morgan fingerprint density at radius 1 is 1.14 bits per heavy atom. The first-order valence-corrected chi connectivity index (χ1v) is 12.6. The molecule has 10 nitrogen and oxygen atoms in total. The van der Waals surface area contributed by atoms with Crippen LogP contribution in [0.1, 0.15) is 12.1 Å². The number of aromatic amines is 2. The van der Waals surface area contributed by atoms with Crippen molar-refractivity contribution in [2.75, 3.05) is 13.1 Å². The third kappa shape index (κ3) is 3.39. The molecule has 5 aromatic rings. The Kier molecular flexibility index (Phi) is 5.31. The fourth-order valence-electron chi connectivity index (χ4n) is 4.65. The van der Waals surface area contributed by atoms with Gasteiger partial charge in [-0.25, -0.2) is 15.0 Å². The lowest BCUT2D eigenvalue weighted by Crippen LogP contribution is -2.57. The van der Waals surface area contributed by atoms with Crippen LogP contribution in [0.2, 0.25) is 0 Å². The summed E-state index contributed by atoms with van der Waals surface area (Å²) in [6.07, 6.45) is 9.45. The highest BCUT2D eigenvalue weighted by atomic mass is 32.2. The highest BCUT2D eigenvalue weighted by molar-refractivity contribution is 7.74. The summed E-state index contributed by atoms with van der Waals surface area (Å²) in [4.78, 5) is 33.3. The predicted octanol–water partition coefficient (Wildman–Crippen LogP) is 3.43. The molecule has 5 aromatic heterocycles. The Labute approximate surface area is 207 Å². The van der Waals surface area contributed by atoms with E-state index in [9.17, 15) is 9.00 Å². The molecule has 0 aliphatic carbocycles. The lowest BCUT2D eigenvalue weighted by Gasteiger charge is -2.45. The molecule has 0 unspecified atom stereocenters. The molecule has 6 rings (SSSR count). The molecule has 1 aliphatic heterocycles. The van der Waals surface area contributed by atoms with Gasteiger partial charge in [0, 0.05) is 63.7 Å². The van der Waals surface area contributed by atoms with Crippen LogP contribution in [0, 0.1) is 4.78 Å². The fraction of sp³-hybridized carbons (Fsp3) is 0.200. The van der Waals surface area contributed by atoms with Crippen molar-refractivity contribution in [2.45, 2.75) is 17.7 Å². The molecule has 6 heterocycles. The minimum Gasteiger partial charge on any atom is -0.444 e. The quantitative estimate of drug-likeness (QED) is 0.199. The molecule has 0 spiro atoms. The van der Waals surface area contributed by atoms with Gasteiger partial charge in [-0.05, 0) is 43.8 Å². The zero-order valence-electron chi connectivity index (χ0n) is 19.2. The Morgan fingerprint density at radius 2 is 1.94 bits per heavy atom. The molecule has 0 amide bonds. The molecule has 1 fully saturated rings. The SMILES string of the molecule is C=CCCn1cc(-c2cc(C3([S-](=N)=O)CNC3)nc(-c3ccnc4[nH]ccc34)n2)c2cc[nH]c2c1=O. The van der Waals surface area contributed by atoms with Gasteiger partial charge in [-0.2, -0.15) is 10.6 Å². The number of pyridine rings is 2. The number of hydrogen-bond donors (Lipinski definition) is 4. The van der Waals surface area contributed by atoms with Crippen molar-refractivity contribution in [1.82, 2.24) is 34.8 Å². The average molecular weight is 500 g/mol. The Balaban J connectivity index is 1.65. The van der Waals surface area contributed by atoms with E-state index in [-0.39, 0.29) is 5.56 Å². The number of fused-ring (bicyclic) bond motifs is 2. The smallest absolute Gasteiger partial charge is 0.274 e. The molecule has 182 valence electrons. The van der Waals surface area contributed by atoms with Crippen LogP contribution in [0.5, 0.6) is 0 Å². The zero-order valence-corrected chi connectivity index (χ0v) is 20.1. The van der Waals surface area contributed by atoms with Gasteiger partial charge in [0.05, 0.1) is 5.69 Å². The summed E-state index contributed by atoms with van der Waals surface area (Å²) in [5.74, 6) is 0.443. The zero-order chi connectivity index (χ0) is 24.9. The van der Waals surface area contributed by atoms with Gasteiger partial charge in [0.2, 0.25) is 0 Å². The van der Waals surface area contributed by atoms with E-state index >= 15 is 0 Å². The first-order chi connectivity index (χ1) is 17.5. The number of H-pyrrole nitrogens is 2. The molecule has 1 saturated heterocycles. The fourth-order valence-corrected chi connectivity index (χ4v) is 5.41. The summed E-state index contributed by atoms with van der Waals surface area (Å²) in [5, 5.41) is 4.74. The van der Waals surface area contributed by atoms with Crippen molar-refractivity contribution in [3.63, 3.8) is 0 Å². The minimum atomic E-state index is -1.91. The Hall–Kier alpha value is -4.09. The number of aromatic nitrogens is 6. The maximum Gasteiger partial charge on any atom is 0.274 e. The summed E-state index contributed by atoms with van der Waals surface area (Å²) < 4.78 is 21.4. The maximum atomic E-state index is 13.0. The van der Waals surface area contributed by atoms with Crippen LogP contribution in [0.3, 0.4) is 0 Å². The van der Waals surface area contributed by atoms with Crippen molar-refractivity contribution < 1.29 is 4.21 Å². The predicted molar refractivity (Wildman–Crippen MR) is 139 cm³/mol. The van der Waals surface area contributed by atoms with Gasteiger partial charge in [0.25, 0.3) is 5.56 Å². The van der Waals surface area contributed by atoms with Crippen molar-refractivity contribution in [1.29, 1.82) is 4.78 Å². The molecule has 0 aromatic carbocycles. The summed E-state index contributed by atoms with van der Waals surface area (Å²) in [5.41, 5.74) is 3.71. The summed E-state index contributed by atoms with van der Waals surface area (Å²) >= 11 is 0. The third-order valence-corrected chi connectivity index (χ3v) is 7.92. The standard InChI is InChI=1S/C25H23N8O2S/c1-2-3-10-33-12-18(15-4-7-28-21(15)24(33)34)19-11-20(25(36(26)35)13-27-14-25)32-23(31-19)17-6-9-30-22-16(17)5-8-29-22/h2,4-9,11-12,26-28H,1,3,10,13-14H2,(H,29,30)/q-1. The lowest BCUT2D eigenvalue weighted by molar-refractivity contribution is 0.381. The van der Waals surface area contributed by atoms with Crippen LogP contribution >= 0.6 is 0 Å². The topological polar surface area (TPSA) is 145 Å². The second-order valence-electron chi connectivity index (χ2n) is 8.81. The second-order valence-corrected chi connectivity index (χ2v) is 10.1. The van der Waals surface area contributed by atoms with Gasteiger partial charge in [0.15, 0.2) is 5.82 Å². The molecule has 0 radical (unpaired) electrons. The molecule has 0 atom stereocenters. The summed E-state index contributed by atoms with van der Waals surface area (Å²) in [6.45, 7) is 5.02. The molecule has 1 aliphatic rings. The number of nitrogens with zero attached hydrogens (tertiary/aromatic N) is 4. The number of hydrogen-bond acceptors (Lipinski definition) is 8. The Bertz CT molecular complexity index is 1770. The van der Waals surface area contributed by atoms with Gasteiger partial charge in [-0.1, -0.05) is 6.08 Å². The normalized spacial score (nSPS) is 14.9. The van der Waals surface area contributed by atoms with Gasteiger partial charge in [-0.3, -0.25) is 4.79 Å².